The molecule has 0 fully saturated rings. The monoisotopic (exact) mass is 146 g/mol. The van der Waals surface area contributed by atoms with Crippen molar-refractivity contribution in [3.63, 3.8) is 0 Å². The smallest absolute Gasteiger partial charge is 0.118 e. The fourth-order valence-electron chi connectivity index (χ4n) is 0.848. The van der Waals surface area contributed by atoms with E-state index in [0.29, 0.717) is 0 Å². The number of nitrogens with two attached hydrogens (primary N) is 1. The summed E-state index contributed by atoms with van der Waals surface area (Å²) in [5.41, 5.74) is 7.54. The standard InChI is InChI=1S/C9H10N2/c1-7-2-4-8(5-3-7)9(11)6-10/h2-5,9H,11H2,1H3/t9-/m1/s1. The highest BCUT2D eigenvalue weighted by molar-refractivity contribution is 5.26. The van der Waals surface area contributed by atoms with Crippen molar-refractivity contribution in [1.82, 2.24) is 0 Å². The minimum atomic E-state index is -0.490. The summed E-state index contributed by atoms with van der Waals surface area (Å²) in [5, 5.41) is 8.48. The Hall–Kier alpha value is -1.33. The third kappa shape index (κ3) is 1.79. The van der Waals surface area contributed by atoms with Crippen LogP contribution in [0.2, 0.25) is 0 Å². The number of rotatable bonds is 1. The molecule has 1 rings (SSSR count). The zero-order valence-corrected chi connectivity index (χ0v) is 6.41. The van der Waals surface area contributed by atoms with Gasteiger partial charge in [-0.3, -0.25) is 0 Å². The fraction of sp³-hybridized carbons (Fsp3) is 0.222. The van der Waals surface area contributed by atoms with Gasteiger partial charge in [0, 0.05) is 0 Å². The molecule has 0 bridgehead atoms. The van der Waals surface area contributed by atoms with Gasteiger partial charge in [0.05, 0.1) is 6.07 Å². The third-order valence-electron chi connectivity index (χ3n) is 1.58. The van der Waals surface area contributed by atoms with E-state index in [9.17, 15) is 0 Å². The Morgan fingerprint density at radius 2 is 1.91 bits per heavy atom. The van der Waals surface area contributed by atoms with Crippen LogP contribution in [-0.2, 0) is 0 Å². The van der Waals surface area contributed by atoms with Crippen molar-refractivity contribution in [3.05, 3.63) is 35.4 Å². The first kappa shape index (κ1) is 7.77. The van der Waals surface area contributed by atoms with Gasteiger partial charge in [-0.15, -0.1) is 0 Å². The minimum Gasteiger partial charge on any atom is -0.312 e. The van der Waals surface area contributed by atoms with Crippen molar-refractivity contribution < 1.29 is 0 Å². The number of nitriles is 1. The van der Waals surface area contributed by atoms with Crippen LogP contribution in [0.15, 0.2) is 24.3 Å². The van der Waals surface area contributed by atoms with Crippen molar-refractivity contribution in [3.8, 4) is 6.07 Å². The average molecular weight is 146 g/mol. The maximum absolute atomic E-state index is 8.48. The van der Waals surface area contributed by atoms with E-state index in [-0.39, 0.29) is 0 Å². The molecule has 0 radical (unpaired) electrons. The second-order valence-corrected chi connectivity index (χ2v) is 2.52. The number of nitrogens with zero attached hydrogens (tertiary/aromatic N) is 1. The molecule has 0 spiro atoms. The van der Waals surface area contributed by atoms with E-state index in [1.165, 1.54) is 5.56 Å². The molecule has 1 atom stereocenters. The van der Waals surface area contributed by atoms with Gasteiger partial charge in [0.15, 0.2) is 0 Å². The van der Waals surface area contributed by atoms with Crippen molar-refractivity contribution in [1.29, 1.82) is 5.26 Å². The molecule has 0 aliphatic rings. The van der Waals surface area contributed by atoms with Crippen molar-refractivity contribution in [2.24, 2.45) is 5.73 Å². The summed E-state index contributed by atoms with van der Waals surface area (Å²) >= 11 is 0. The molecular formula is C9H10N2. The molecule has 0 unspecified atom stereocenters. The fourth-order valence-corrected chi connectivity index (χ4v) is 0.848. The van der Waals surface area contributed by atoms with Crippen LogP contribution in [0.4, 0.5) is 0 Å². The predicted octanol–water partition coefficient (Wildman–Crippen LogP) is 1.52. The lowest BCUT2D eigenvalue weighted by molar-refractivity contribution is 0.925. The summed E-state index contributed by atoms with van der Waals surface area (Å²) in [5.74, 6) is 0. The molecule has 2 nitrogen and oxygen atoms in total. The van der Waals surface area contributed by atoms with E-state index in [4.69, 9.17) is 11.0 Å². The Kier molecular flexibility index (Phi) is 2.25. The number of hydrogen-bond acceptors (Lipinski definition) is 2. The van der Waals surface area contributed by atoms with E-state index in [2.05, 4.69) is 0 Å². The van der Waals surface area contributed by atoms with Crippen molar-refractivity contribution in [2.45, 2.75) is 13.0 Å². The Morgan fingerprint density at radius 1 is 1.36 bits per heavy atom. The third-order valence-corrected chi connectivity index (χ3v) is 1.58. The molecular weight excluding hydrogens is 136 g/mol. The van der Waals surface area contributed by atoms with Gasteiger partial charge < -0.3 is 5.73 Å². The summed E-state index contributed by atoms with van der Waals surface area (Å²) < 4.78 is 0. The molecule has 2 heteroatoms. The highest BCUT2D eigenvalue weighted by atomic mass is 14.6. The molecule has 11 heavy (non-hydrogen) atoms. The molecule has 0 amide bonds. The highest BCUT2D eigenvalue weighted by Crippen LogP contribution is 2.09. The Labute approximate surface area is 66.3 Å². The molecule has 1 aromatic rings. The highest BCUT2D eigenvalue weighted by Gasteiger charge is 2.01. The largest absolute Gasteiger partial charge is 0.312 e. The lowest BCUT2D eigenvalue weighted by Gasteiger charge is -2.01. The SMILES string of the molecule is Cc1ccc([C@H](N)C#N)cc1. The van der Waals surface area contributed by atoms with E-state index >= 15 is 0 Å². The van der Waals surface area contributed by atoms with Gasteiger partial charge in [0.25, 0.3) is 0 Å². The quantitative estimate of drug-likeness (QED) is 0.653. The molecule has 0 aliphatic carbocycles. The molecule has 0 aromatic heterocycles. The average Bonchev–Trinajstić information content (AvgIpc) is 2.05. The summed E-state index contributed by atoms with van der Waals surface area (Å²) in [6.07, 6.45) is 0. The van der Waals surface area contributed by atoms with Crippen LogP contribution in [0.1, 0.15) is 17.2 Å². The van der Waals surface area contributed by atoms with Crippen LogP contribution in [0.25, 0.3) is 0 Å². The Bertz CT molecular complexity index is 269. The maximum Gasteiger partial charge on any atom is 0.118 e. The first-order valence-electron chi connectivity index (χ1n) is 3.46. The maximum atomic E-state index is 8.48. The first-order valence-corrected chi connectivity index (χ1v) is 3.46. The molecule has 56 valence electrons. The van der Waals surface area contributed by atoms with Crippen LogP contribution in [-0.4, -0.2) is 0 Å². The number of aryl methyl sites for hydroxylation is 1. The van der Waals surface area contributed by atoms with E-state index in [1.54, 1.807) is 0 Å². The van der Waals surface area contributed by atoms with Crippen LogP contribution in [0, 0.1) is 18.3 Å². The molecule has 0 saturated heterocycles. The van der Waals surface area contributed by atoms with Gasteiger partial charge in [-0.05, 0) is 12.5 Å². The minimum absolute atomic E-state index is 0.490. The van der Waals surface area contributed by atoms with Crippen LogP contribution >= 0.6 is 0 Å². The normalized spacial score (nSPS) is 12.1. The number of hydrogen-bond donors (Lipinski definition) is 1. The second kappa shape index (κ2) is 3.18. The second-order valence-electron chi connectivity index (χ2n) is 2.52. The molecule has 0 heterocycles. The topological polar surface area (TPSA) is 49.8 Å². The van der Waals surface area contributed by atoms with Gasteiger partial charge in [0.1, 0.15) is 6.04 Å². The van der Waals surface area contributed by atoms with Gasteiger partial charge in [-0.25, -0.2) is 0 Å². The van der Waals surface area contributed by atoms with Crippen LogP contribution < -0.4 is 5.73 Å². The first-order chi connectivity index (χ1) is 5.24. The van der Waals surface area contributed by atoms with Gasteiger partial charge >= 0.3 is 0 Å². The Morgan fingerprint density at radius 3 is 2.36 bits per heavy atom. The molecule has 0 aliphatic heterocycles. The van der Waals surface area contributed by atoms with Crippen molar-refractivity contribution >= 4 is 0 Å². The van der Waals surface area contributed by atoms with Gasteiger partial charge in [0.2, 0.25) is 0 Å². The molecule has 2 N–H and O–H groups in total. The van der Waals surface area contributed by atoms with Crippen LogP contribution in [0.5, 0.6) is 0 Å². The summed E-state index contributed by atoms with van der Waals surface area (Å²) in [7, 11) is 0. The van der Waals surface area contributed by atoms with Crippen LogP contribution in [0.3, 0.4) is 0 Å². The predicted molar refractivity (Wildman–Crippen MR) is 43.7 cm³/mol. The summed E-state index contributed by atoms with van der Waals surface area (Å²) in [4.78, 5) is 0. The lowest BCUT2D eigenvalue weighted by atomic mass is 10.1. The van der Waals surface area contributed by atoms with Gasteiger partial charge in [-0.1, -0.05) is 29.8 Å². The van der Waals surface area contributed by atoms with E-state index in [0.717, 1.165) is 5.56 Å². The number of benzene rings is 1. The lowest BCUT2D eigenvalue weighted by Crippen LogP contribution is -2.06. The van der Waals surface area contributed by atoms with E-state index < -0.39 is 6.04 Å². The van der Waals surface area contributed by atoms with E-state index in [1.807, 2.05) is 37.3 Å². The molecule has 0 saturated carbocycles. The zero-order valence-electron chi connectivity index (χ0n) is 6.41. The van der Waals surface area contributed by atoms with Gasteiger partial charge in [-0.2, -0.15) is 5.26 Å². The molecule has 1 aromatic carbocycles. The summed E-state index contributed by atoms with van der Waals surface area (Å²) in [6, 6.07) is 9.15. The Balaban J connectivity index is 2.92. The summed E-state index contributed by atoms with van der Waals surface area (Å²) in [6.45, 7) is 2.00. The van der Waals surface area contributed by atoms with Crippen molar-refractivity contribution in [2.75, 3.05) is 0 Å². The zero-order chi connectivity index (χ0) is 8.27.